The van der Waals surface area contributed by atoms with Gasteiger partial charge in [0.15, 0.2) is 0 Å². The SMILES string of the molecule is CSCCC(NC(=O)C(CC(N)=O)NC(=O)C(NC(=O)C(N)CCCCN)C(C)C)C(=O)O. The third kappa shape index (κ3) is 12.4. The molecule has 0 spiro atoms. The van der Waals surface area contributed by atoms with Gasteiger partial charge < -0.3 is 38.3 Å². The quantitative estimate of drug-likeness (QED) is 0.115. The molecule has 0 rings (SSSR count). The van der Waals surface area contributed by atoms with E-state index in [0.29, 0.717) is 31.6 Å². The van der Waals surface area contributed by atoms with Gasteiger partial charge in [-0.05, 0) is 43.7 Å². The van der Waals surface area contributed by atoms with E-state index in [2.05, 4.69) is 16.0 Å². The van der Waals surface area contributed by atoms with E-state index in [4.69, 9.17) is 17.2 Å². The Hall–Kier alpha value is -2.38. The molecule has 190 valence electrons. The number of carbonyl (C=O) groups excluding carboxylic acids is 4. The van der Waals surface area contributed by atoms with E-state index in [1.165, 1.54) is 11.8 Å². The van der Waals surface area contributed by atoms with E-state index in [9.17, 15) is 29.1 Å². The summed E-state index contributed by atoms with van der Waals surface area (Å²) in [7, 11) is 0. The molecule has 12 nitrogen and oxygen atoms in total. The number of hydrogen-bond acceptors (Lipinski definition) is 8. The van der Waals surface area contributed by atoms with E-state index >= 15 is 0 Å². The van der Waals surface area contributed by atoms with E-state index in [0.717, 1.165) is 0 Å². The van der Waals surface area contributed by atoms with Crippen molar-refractivity contribution in [2.24, 2.45) is 23.1 Å². The molecule has 0 fully saturated rings. The Morgan fingerprint density at radius 2 is 1.52 bits per heavy atom. The lowest BCUT2D eigenvalue weighted by molar-refractivity contribution is -0.142. The summed E-state index contributed by atoms with van der Waals surface area (Å²) in [5, 5.41) is 16.6. The Bertz CT molecular complexity index is 677. The first kappa shape index (κ1) is 30.6. The van der Waals surface area contributed by atoms with Crippen molar-refractivity contribution in [3.63, 3.8) is 0 Å². The first-order valence-electron chi connectivity index (χ1n) is 10.8. The number of primary amides is 1. The lowest BCUT2D eigenvalue weighted by Gasteiger charge is -2.26. The van der Waals surface area contributed by atoms with Gasteiger partial charge >= 0.3 is 5.97 Å². The molecule has 0 saturated carbocycles. The van der Waals surface area contributed by atoms with E-state index in [1.807, 2.05) is 0 Å². The summed E-state index contributed by atoms with van der Waals surface area (Å²) in [5.74, 6) is -4.09. The molecule has 0 saturated heterocycles. The summed E-state index contributed by atoms with van der Waals surface area (Å²) in [6, 6.07) is -4.46. The topological polar surface area (TPSA) is 220 Å². The molecule has 0 aromatic rings. The van der Waals surface area contributed by atoms with Gasteiger partial charge in [0.1, 0.15) is 18.1 Å². The smallest absolute Gasteiger partial charge is 0.326 e. The molecule has 4 unspecified atom stereocenters. The van der Waals surface area contributed by atoms with Crippen LogP contribution in [0.25, 0.3) is 0 Å². The van der Waals surface area contributed by atoms with Gasteiger partial charge in [-0.25, -0.2) is 4.79 Å². The second-order valence-electron chi connectivity index (χ2n) is 8.03. The molecule has 33 heavy (non-hydrogen) atoms. The average molecular weight is 491 g/mol. The summed E-state index contributed by atoms with van der Waals surface area (Å²) in [6.45, 7) is 3.86. The fourth-order valence-corrected chi connectivity index (χ4v) is 3.34. The largest absolute Gasteiger partial charge is 0.480 e. The number of aliphatic carboxylic acids is 1. The van der Waals surface area contributed by atoms with Crippen LogP contribution in [0, 0.1) is 5.92 Å². The lowest BCUT2D eigenvalue weighted by atomic mass is 10.0. The van der Waals surface area contributed by atoms with Gasteiger partial charge in [-0.3, -0.25) is 19.2 Å². The number of carboxylic acid groups (broad SMARTS) is 1. The number of carboxylic acids is 1. The van der Waals surface area contributed by atoms with Crippen molar-refractivity contribution in [2.45, 2.75) is 70.1 Å². The molecule has 0 aliphatic carbocycles. The van der Waals surface area contributed by atoms with Gasteiger partial charge in [-0.2, -0.15) is 11.8 Å². The highest BCUT2D eigenvalue weighted by atomic mass is 32.2. The number of thioether (sulfide) groups is 1. The molecule has 13 heteroatoms. The van der Waals surface area contributed by atoms with Crippen LogP contribution in [0.5, 0.6) is 0 Å². The normalized spacial score (nSPS) is 14.6. The minimum Gasteiger partial charge on any atom is -0.480 e. The zero-order valence-corrected chi connectivity index (χ0v) is 20.3. The zero-order chi connectivity index (χ0) is 25.6. The molecule has 0 aromatic heterocycles. The summed E-state index contributed by atoms with van der Waals surface area (Å²) in [6.07, 6.45) is 3.19. The monoisotopic (exact) mass is 490 g/mol. The standard InChI is InChI=1S/C20H38N6O6S/c1-11(2)16(26-17(28)12(22)6-4-5-8-21)19(30)25-14(10-15(23)27)18(29)24-13(20(31)32)7-9-33-3/h11-14,16H,4-10,21-22H2,1-3H3,(H2,23,27)(H,24,29)(H,25,30)(H,26,28)(H,31,32). The predicted octanol–water partition coefficient (Wildman–Crippen LogP) is -1.73. The fraction of sp³-hybridized carbons (Fsp3) is 0.750. The van der Waals surface area contributed by atoms with Crippen molar-refractivity contribution in [3.8, 4) is 0 Å². The first-order chi connectivity index (χ1) is 15.4. The molecular formula is C20H38N6O6S. The van der Waals surface area contributed by atoms with Gasteiger partial charge in [0.25, 0.3) is 0 Å². The number of hydrogen-bond donors (Lipinski definition) is 7. The van der Waals surface area contributed by atoms with Crippen molar-refractivity contribution >= 4 is 41.4 Å². The van der Waals surface area contributed by atoms with Gasteiger partial charge in [0, 0.05) is 0 Å². The van der Waals surface area contributed by atoms with Crippen molar-refractivity contribution in [2.75, 3.05) is 18.6 Å². The number of carbonyl (C=O) groups is 5. The van der Waals surface area contributed by atoms with Crippen LogP contribution in [0.2, 0.25) is 0 Å². The number of nitrogens with one attached hydrogen (secondary N) is 3. The Kier molecular flexibility index (Phi) is 15.1. The number of amides is 4. The predicted molar refractivity (Wildman–Crippen MR) is 126 cm³/mol. The van der Waals surface area contributed by atoms with Crippen LogP contribution >= 0.6 is 11.8 Å². The van der Waals surface area contributed by atoms with Crippen LogP contribution in [-0.2, 0) is 24.0 Å². The maximum atomic E-state index is 12.9. The summed E-state index contributed by atoms with van der Waals surface area (Å²) in [4.78, 5) is 60.8. The van der Waals surface area contributed by atoms with E-state index < -0.39 is 60.2 Å². The minimum atomic E-state index is -1.40. The third-order valence-electron chi connectivity index (χ3n) is 4.82. The van der Waals surface area contributed by atoms with Crippen LogP contribution < -0.4 is 33.2 Å². The molecule has 0 aliphatic rings. The molecular weight excluding hydrogens is 452 g/mol. The Morgan fingerprint density at radius 1 is 0.909 bits per heavy atom. The highest BCUT2D eigenvalue weighted by Gasteiger charge is 2.32. The van der Waals surface area contributed by atoms with Crippen molar-refractivity contribution < 1.29 is 29.1 Å². The summed E-state index contributed by atoms with van der Waals surface area (Å²) < 4.78 is 0. The molecule has 0 heterocycles. The summed E-state index contributed by atoms with van der Waals surface area (Å²) >= 11 is 1.41. The van der Waals surface area contributed by atoms with Crippen molar-refractivity contribution in [1.29, 1.82) is 0 Å². The third-order valence-corrected chi connectivity index (χ3v) is 5.46. The van der Waals surface area contributed by atoms with Crippen LogP contribution in [0.15, 0.2) is 0 Å². The van der Waals surface area contributed by atoms with Gasteiger partial charge in [-0.15, -0.1) is 0 Å². The minimum absolute atomic E-state index is 0.159. The van der Waals surface area contributed by atoms with Gasteiger partial charge in [0.2, 0.25) is 23.6 Å². The maximum Gasteiger partial charge on any atom is 0.326 e. The van der Waals surface area contributed by atoms with E-state index in [-0.39, 0.29) is 12.3 Å². The Labute approximate surface area is 198 Å². The van der Waals surface area contributed by atoms with Gasteiger partial charge in [-0.1, -0.05) is 20.3 Å². The zero-order valence-electron chi connectivity index (χ0n) is 19.5. The first-order valence-corrected chi connectivity index (χ1v) is 12.2. The highest BCUT2D eigenvalue weighted by Crippen LogP contribution is 2.07. The Morgan fingerprint density at radius 3 is 2.00 bits per heavy atom. The molecule has 0 radical (unpaired) electrons. The molecule has 0 aromatic carbocycles. The number of nitrogens with two attached hydrogens (primary N) is 3. The van der Waals surface area contributed by atoms with Crippen molar-refractivity contribution in [3.05, 3.63) is 0 Å². The van der Waals surface area contributed by atoms with Crippen molar-refractivity contribution in [1.82, 2.24) is 16.0 Å². The maximum absolute atomic E-state index is 12.9. The molecule has 10 N–H and O–H groups in total. The highest BCUT2D eigenvalue weighted by molar-refractivity contribution is 7.98. The lowest BCUT2D eigenvalue weighted by Crippen LogP contribution is -2.59. The average Bonchev–Trinajstić information content (AvgIpc) is 2.73. The molecule has 0 bridgehead atoms. The molecule has 0 aliphatic heterocycles. The number of unbranched alkanes of at least 4 members (excludes halogenated alkanes) is 1. The second-order valence-corrected chi connectivity index (χ2v) is 9.02. The molecule has 4 atom stereocenters. The fourth-order valence-electron chi connectivity index (χ4n) is 2.87. The van der Waals surface area contributed by atoms with Crippen LogP contribution in [0.3, 0.4) is 0 Å². The van der Waals surface area contributed by atoms with Gasteiger partial charge in [0.05, 0.1) is 12.5 Å². The van der Waals surface area contributed by atoms with Crippen LogP contribution in [-0.4, -0.2) is 77.4 Å². The van der Waals surface area contributed by atoms with Crippen LogP contribution in [0.4, 0.5) is 0 Å². The second kappa shape index (κ2) is 16.3. The van der Waals surface area contributed by atoms with E-state index in [1.54, 1.807) is 20.1 Å². The number of rotatable bonds is 17. The molecule has 4 amide bonds. The Balaban J connectivity index is 5.32. The van der Waals surface area contributed by atoms with Crippen LogP contribution in [0.1, 0.15) is 46.0 Å². The summed E-state index contributed by atoms with van der Waals surface area (Å²) in [5.41, 5.74) is 16.5.